The molecule has 16 heavy (non-hydrogen) atoms. The number of aliphatic hydroxyl groups is 1. The van der Waals surface area contributed by atoms with E-state index in [1.165, 1.54) is 0 Å². The monoisotopic (exact) mass is 245 g/mol. The second kappa shape index (κ2) is 7.46. The fourth-order valence-electron chi connectivity index (χ4n) is 1.17. The van der Waals surface area contributed by atoms with Crippen LogP contribution in [0.4, 0.5) is 0 Å². The maximum Gasteiger partial charge on any atom is 0.120 e. The van der Waals surface area contributed by atoms with Gasteiger partial charge in [-0.2, -0.15) is 0 Å². The molecule has 4 nitrogen and oxygen atoms in total. The lowest BCUT2D eigenvalue weighted by Gasteiger charge is -2.08. The predicted octanol–water partition coefficient (Wildman–Crippen LogP) is 1.19. The van der Waals surface area contributed by atoms with Crippen molar-refractivity contribution in [1.29, 1.82) is 0 Å². The highest BCUT2D eigenvalue weighted by Crippen LogP contribution is 2.21. The second-order valence-corrected chi connectivity index (χ2v) is 3.55. The number of hydrogen-bond acceptors (Lipinski definition) is 4. The molecule has 0 aromatic heterocycles. The molecule has 1 aromatic rings. The summed E-state index contributed by atoms with van der Waals surface area (Å²) < 4.78 is 10.5. The van der Waals surface area contributed by atoms with Crippen LogP contribution >= 0.6 is 11.6 Å². The van der Waals surface area contributed by atoms with Crippen molar-refractivity contribution in [3.63, 3.8) is 0 Å². The van der Waals surface area contributed by atoms with Crippen LogP contribution in [0.5, 0.6) is 5.75 Å². The Morgan fingerprint density at radius 2 is 2.06 bits per heavy atom. The lowest BCUT2D eigenvalue weighted by Crippen LogP contribution is -2.09. The zero-order valence-corrected chi connectivity index (χ0v) is 9.74. The Morgan fingerprint density at radius 1 is 1.25 bits per heavy atom. The average molecular weight is 246 g/mol. The Morgan fingerprint density at radius 3 is 2.69 bits per heavy atom. The van der Waals surface area contributed by atoms with Crippen molar-refractivity contribution in [2.75, 3.05) is 26.4 Å². The molecule has 1 rings (SSSR count). The maximum absolute atomic E-state index is 8.48. The van der Waals surface area contributed by atoms with Gasteiger partial charge in [-0.05, 0) is 17.7 Å². The van der Waals surface area contributed by atoms with Gasteiger partial charge in [0, 0.05) is 11.6 Å². The molecule has 0 saturated heterocycles. The van der Waals surface area contributed by atoms with Crippen molar-refractivity contribution in [3.8, 4) is 5.75 Å². The SMILES string of the molecule is NCc1ccc(OCCOCCO)cc1Cl. The van der Waals surface area contributed by atoms with Crippen molar-refractivity contribution < 1.29 is 14.6 Å². The van der Waals surface area contributed by atoms with Crippen molar-refractivity contribution in [1.82, 2.24) is 0 Å². The summed E-state index contributed by atoms with van der Waals surface area (Å²) in [5.74, 6) is 0.690. The molecule has 0 amide bonds. The Labute approximate surface area is 99.9 Å². The van der Waals surface area contributed by atoms with E-state index in [-0.39, 0.29) is 6.61 Å². The summed E-state index contributed by atoms with van der Waals surface area (Å²) in [5.41, 5.74) is 6.38. The smallest absolute Gasteiger partial charge is 0.120 e. The van der Waals surface area contributed by atoms with Crippen LogP contribution in [0.2, 0.25) is 5.02 Å². The number of ether oxygens (including phenoxy) is 2. The second-order valence-electron chi connectivity index (χ2n) is 3.14. The van der Waals surface area contributed by atoms with Crippen LogP contribution in [0.25, 0.3) is 0 Å². The molecule has 0 unspecified atom stereocenters. The van der Waals surface area contributed by atoms with Gasteiger partial charge in [-0.15, -0.1) is 0 Å². The van der Waals surface area contributed by atoms with Gasteiger partial charge in [0.25, 0.3) is 0 Å². The lowest BCUT2D eigenvalue weighted by molar-refractivity contribution is 0.0705. The standard InChI is InChI=1S/C11H16ClNO3/c12-11-7-10(2-1-9(11)8-13)16-6-5-15-4-3-14/h1-2,7,14H,3-6,8,13H2. The number of rotatable bonds is 7. The van der Waals surface area contributed by atoms with Gasteiger partial charge >= 0.3 is 0 Å². The summed E-state index contributed by atoms with van der Waals surface area (Å²) in [5, 5.41) is 9.09. The largest absolute Gasteiger partial charge is 0.491 e. The summed E-state index contributed by atoms with van der Waals surface area (Å²) in [6, 6.07) is 5.39. The van der Waals surface area contributed by atoms with Crippen LogP contribution in [-0.4, -0.2) is 31.5 Å². The predicted molar refractivity (Wildman–Crippen MR) is 62.7 cm³/mol. The summed E-state index contributed by atoms with van der Waals surface area (Å²) >= 11 is 5.97. The van der Waals surface area contributed by atoms with Gasteiger partial charge in [-0.1, -0.05) is 17.7 Å². The van der Waals surface area contributed by atoms with Crippen LogP contribution in [0, 0.1) is 0 Å². The summed E-state index contributed by atoms with van der Waals surface area (Å²) in [6.07, 6.45) is 0. The van der Waals surface area contributed by atoms with Crippen LogP contribution in [0.1, 0.15) is 5.56 Å². The molecular formula is C11H16ClNO3. The first-order valence-corrected chi connectivity index (χ1v) is 5.45. The van der Waals surface area contributed by atoms with Gasteiger partial charge in [0.1, 0.15) is 12.4 Å². The molecule has 0 spiro atoms. The van der Waals surface area contributed by atoms with E-state index in [1.54, 1.807) is 6.07 Å². The average Bonchev–Trinajstić information content (AvgIpc) is 2.29. The summed E-state index contributed by atoms with van der Waals surface area (Å²) in [6.45, 7) is 1.64. The normalized spacial score (nSPS) is 10.4. The van der Waals surface area contributed by atoms with E-state index in [4.69, 9.17) is 31.9 Å². The molecule has 5 heteroatoms. The Kier molecular flexibility index (Phi) is 6.18. The molecule has 0 aliphatic heterocycles. The van der Waals surface area contributed by atoms with Crippen LogP contribution in [-0.2, 0) is 11.3 Å². The highest BCUT2D eigenvalue weighted by atomic mass is 35.5. The van der Waals surface area contributed by atoms with Crippen molar-refractivity contribution in [2.24, 2.45) is 5.73 Å². The van der Waals surface area contributed by atoms with E-state index in [1.807, 2.05) is 12.1 Å². The molecule has 0 fully saturated rings. The van der Waals surface area contributed by atoms with Gasteiger partial charge < -0.3 is 20.3 Å². The van der Waals surface area contributed by atoms with Gasteiger partial charge in [-0.25, -0.2) is 0 Å². The number of aliphatic hydroxyl groups excluding tert-OH is 1. The lowest BCUT2D eigenvalue weighted by atomic mass is 10.2. The molecule has 0 aliphatic carbocycles. The first kappa shape index (κ1) is 13.3. The van der Waals surface area contributed by atoms with Crippen molar-refractivity contribution in [2.45, 2.75) is 6.54 Å². The van der Waals surface area contributed by atoms with Crippen LogP contribution < -0.4 is 10.5 Å². The summed E-state index contributed by atoms with van der Waals surface area (Å²) in [4.78, 5) is 0. The maximum atomic E-state index is 8.48. The topological polar surface area (TPSA) is 64.7 Å². The minimum Gasteiger partial charge on any atom is -0.491 e. The minimum atomic E-state index is 0.0248. The third kappa shape index (κ3) is 4.37. The number of hydrogen-bond donors (Lipinski definition) is 2. The van der Waals surface area contributed by atoms with E-state index < -0.39 is 0 Å². The highest BCUT2D eigenvalue weighted by molar-refractivity contribution is 6.31. The molecule has 0 aliphatic rings. The molecule has 90 valence electrons. The molecule has 3 N–H and O–H groups in total. The van der Waals surface area contributed by atoms with E-state index in [2.05, 4.69) is 0 Å². The van der Waals surface area contributed by atoms with Crippen LogP contribution in [0.3, 0.4) is 0 Å². The number of benzene rings is 1. The first-order valence-electron chi connectivity index (χ1n) is 5.08. The van der Waals surface area contributed by atoms with E-state index in [0.717, 1.165) is 5.56 Å². The number of nitrogens with two attached hydrogens (primary N) is 1. The van der Waals surface area contributed by atoms with Gasteiger partial charge in [0.05, 0.1) is 19.8 Å². The third-order valence-corrected chi connectivity index (χ3v) is 2.33. The molecule has 0 bridgehead atoms. The molecule has 0 atom stereocenters. The Balaban J connectivity index is 2.34. The quantitative estimate of drug-likeness (QED) is 0.709. The van der Waals surface area contributed by atoms with Gasteiger partial charge in [-0.3, -0.25) is 0 Å². The molecule has 0 saturated carbocycles. The van der Waals surface area contributed by atoms with Gasteiger partial charge in [0.2, 0.25) is 0 Å². The highest BCUT2D eigenvalue weighted by Gasteiger charge is 2.00. The number of halogens is 1. The zero-order chi connectivity index (χ0) is 11.8. The Hall–Kier alpha value is -0.810. The molecule has 0 heterocycles. The van der Waals surface area contributed by atoms with Crippen molar-refractivity contribution in [3.05, 3.63) is 28.8 Å². The van der Waals surface area contributed by atoms with E-state index in [0.29, 0.717) is 37.1 Å². The molecule has 1 aromatic carbocycles. The molecular weight excluding hydrogens is 230 g/mol. The minimum absolute atomic E-state index is 0.0248. The Bertz CT molecular complexity index is 320. The summed E-state index contributed by atoms with van der Waals surface area (Å²) in [7, 11) is 0. The fourth-order valence-corrected chi connectivity index (χ4v) is 1.42. The first-order chi connectivity index (χ1) is 7.77. The van der Waals surface area contributed by atoms with Crippen molar-refractivity contribution >= 4 is 11.6 Å². The van der Waals surface area contributed by atoms with Crippen LogP contribution in [0.15, 0.2) is 18.2 Å². The zero-order valence-electron chi connectivity index (χ0n) is 8.99. The van der Waals surface area contributed by atoms with E-state index >= 15 is 0 Å². The van der Waals surface area contributed by atoms with E-state index in [9.17, 15) is 0 Å². The third-order valence-electron chi connectivity index (χ3n) is 1.98. The molecule has 0 radical (unpaired) electrons. The van der Waals surface area contributed by atoms with Gasteiger partial charge in [0.15, 0.2) is 0 Å². The fraction of sp³-hybridized carbons (Fsp3) is 0.455.